The highest BCUT2D eigenvalue weighted by atomic mass is 16.4. The number of primary amides is 1. The molecule has 0 aliphatic carbocycles. The minimum Gasteiger partial charge on any atom is -0.481 e. The van der Waals surface area contributed by atoms with Gasteiger partial charge in [0.15, 0.2) is 0 Å². The highest BCUT2D eigenvalue weighted by Crippen LogP contribution is 2.24. The van der Waals surface area contributed by atoms with Crippen LogP contribution in [0.5, 0.6) is 0 Å². The number of aromatic nitrogens is 2. The van der Waals surface area contributed by atoms with Crippen LogP contribution in [0.2, 0.25) is 0 Å². The number of carboxylic acid groups (broad SMARTS) is 1. The molecule has 0 aliphatic heterocycles. The second kappa shape index (κ2) is 14.0. The van der Waals surface area contributed by atoms with Crippen LogP contribution in [0, 0.1) is 12.8 Å². The molecule has 0 spiro atoms. The number of carbonyl (C=O) groups excluding carboxylic acids is 1. The molecule has 0 bridgehead atoms. The van der Waals surface area contributed by atoms with E-state index in [1.807, 2.05) is 24.3 Å². The first-order chi connectivity index (χ1) is 16.3. The number of unbranched alkanes of at least 4 members (excludes halogenated alkanes) is 3. The summed E-state index contributed by atoms with van der Waals surface area (Å²) >= 11 is 0. The van der Waals surface area contributed by atoms with Gasteiger partial charge in [0.05, 0.1) is 5.69 Å². The number of aliphatic carboxylic acids is 1. The molecule has 1 aromatic heterocycles. The van der Waals surface area contributed by atoms with Gasteiger partial charge in [0.25, 0.3) is 5.91 Å². The molecule has 1 heterocycles. The lowest BCUT2D eigenvalue weighted by Gasteiger charge is -2.16. The standard InChI is InChI=1S/C25H38N6O3/c1-4-6-7-8-14-27-25-29-17(3)22(23(26)34)24(31-25)30-20-12-10-19(11-13-20)28-16-18(9-5-2)15-21(32)33/h10-13,18,28H,4-9,14-16H2,1-3H3,(H2,26,34)(H,32,33)(H2,27,29,30,31). The summed E-state index contributed by atoms with van der Waals surface area (Å²) in [5, 5.41) is 18.8. The Bertz CT molecular complexity index is 933. The monoisotopic (exact) mass is 470 g/mol. The van der Waals surface area contributed by atoms with Gasteiger partial charge < -0.3 is 26.8 Å². The Balaban J connectivity index is 2.07. The first-order valence-electron chi connectivity index (χ1n) is 12.1. The second-order valence-corrected chi connectivity index (χ2v) is 8.54. The van der Waals surface area contributed by atoms with E-state index < -0.39 is 11.9 Å². The summed E-state index contributed by atoms with van der Waals surface area (Å²) in [6.07, 6.45) is 6.49. The molecule has 0 saturated heterocycles. The van der Waals surface area contributed by atoms with Crippen molar-refractivity contribution >= 4 is 35.0 Å². The summed E-state index contributed by atoms with van der Waals surface area (Å²) in [6.45, 7) is 7.32. The largest absolute Gasteiger partial charge is 0.481 e. The Hall–Kier alpha value is -3.36. The van der Waals surface area contributed by atoms with Gasteiger partial charge in [-0.3, -0.25) is 9.59 Å². The molecule has 1 unspecified atom stereocenters. The molecular weight excluding hydrogens is 432 g/mol. The fourth-order valence-corrected chi connectivity index (χ4v) is 3.79. The highest BCUT2D eigenvalue weighted by molar-refractivity contribution is 5.99. The van der Waals surface area contributed by atoms with Gasteiger partial charge in [0.2, 0.25) is 5.95 Å². The normalized spacial score (nSPS) is 11.6. The predicted molar refractivity (Wildman–Crippen MR) is 137 cm³/mol. The van der Waals surface area contributed by atoms with E-state index in [1.165, 1.54) is 12.8 Å². The number of hydrogen-bond donors (Lipinski definition) is 5. The number of rotatable bonds is 16. The van der Waals surface area contributed by atoms with Crippen molar-refractivity contribution in [1.29, 1.82) is 0 Å². The summed E-state index contributed by atoms with van der Waals surface area (Å²) in [5.74, 6) is -0.468. The average molecular weight is 471 g/mol. The van der Waals surface area contributed by atoms with Crippen molar-refractivity contribution in [2.24, 2.45) is 11.7 Å². The van der Waals surface area contributed by atoms with Gasteiger partial charge in [0, 0.05) is 30.9 Å². The third-order valence-corrected chi connectivity index (χ3v) is 5.55. The maximum Gasteiger partial charge on any atom is 0.303 e. The lowest BCUT2D eigenvalue weighted by molar-refractivity contribution is -0.138. The van der Waals surface area contributed by atoms with Gasteiger partial charge in [-0.2, -0.15) is 4.98 Å². The van der Waals surface area contributed by atoms with Gasteiger partial charge in [-0.15, -0.1) is 0 Å². The molecule has 186 valence electrons. The van der Waals surface area contributed by atoms with Crippen molar-refractivity contribution in [3.8, 4) is 0 Å². The van der Waals surface area contributed by atoms with Crippen molar-refractivity contribution in [3.63, 3.8) is 0 Å². The number of amides is 1. The Morgan fingerprint density at radius 1 is 1.00 bits per heavy atom. The molecule has 9 heteroatoms. The van der Waals surface area contributed by atoms with Crippen LogP contribution in [-0.4, -0.2) is 40.0 Å². The third kappa shape index (κ3) is 8.88. The first-order valence-corrected chi connectivity index (χ1v) is 12.1. The Morgan fingerprint density at radius 3 is 2.32 bits per heavy atom. The molecule has 34 heavy (non-hydrogen) atoms. The predicted octanol–water partition coefficient (Wildman–Crippen LogP) is 4.92. The van der Waals surface area contributed by atoms with Crippen molar-refractivity contribution in [2.45, 2.75) is 65.7 Å². The molecule has 0 saturated carbocycles. The number of hydrogen-bond acceptors (Lipinski definition) is 7. The number of carboxylic acids is 1. The van der Waals surface area contributed by atoms with Gasteiger partial charge in [-0.1, -0.05) is 39.5 Å². The van der Waals surface area contributed by atoms with E-state index in [9.17, 15) is 9.59 Å². The van der Waals surface area contributed by atoms with E-state index >= 15 is 0 Å². The number of anilines is 4. The van der Waals surface area contributed by atoms with Crippen LogP contribution in [0.4, 0.5) is 23.1 Å². The number of nitrogens with one attached hydrogen (secondary N) is 3. The van der Waals surface area contributed by atoms with Crippen molar-refractivity contribution in [1.82, 2.24) is 9.97 Å². The fraction of sp³-hybridized carbons (Fsp3) is 0.520. The van der Waals surface area contributed by atoms with E-state index in [-0.39, 0.29) is 17.9 Å². The number of benzene rings is 1. The van der Waals surface area contributed by atoms with Crippen LogP contribution >= 0.6 is 0 Å². The van der Waals surface area contributed by atoms with Crippen LogP contribution in [0.15, 0.2) is 24.3 Å². The molecule has 0 fully saturated rings. The smallest absolute Gasteiger partial charge is 0.303 e. The number of aryl methyl sites for hydroxylation is 1. The summed E-state index contributed by atoms with van der Waals surface area (Å²) < 4.78 is 0. The van der Waals surface area contributed by atoms with Crippen molar-refractivity contribution < 1.29 is 14.7 Å². The second-order valence-electron chi connectivity index (χ2n) is 8.54. The summed E-state index contributed by atoms with van der Waals surface area (Å²) in [7, 11) is 0. The molecule has 0 radical (unpaired) electrons. The SMILES string of the molecule is CCCCCCNc1nc(C)c(C(N)=O)c(Nc2ccc(NCC(CCC)CC(=O)O)cc2)n1. The highest BCUT2D eigenvalue weighted by Gasteiger charge is 2.17. The maximum atomic E-state index is 12.0. The zero-order valence-corrected chi connectivity index (χ0v) is 20.5. The molecule has 2 rings (SSSR count). The molecule has 1 amide bonds. The van der Waals surface area contributed by atoms with Gasteiger partial charge >= 0.3 is 5.97 Å². The minimum atomic E-state index is -0.778. The third-order valence-electron chi connectivity index (χ3n) is 5.55. The van der Waals surface area contributed by atoms with E-state index in [0.29, 0.717) is 24.0 Å². The van der Waals surface area contributed by atoms with E-state index in [1.54, 1.807) is 6.92 Å². The van der Waals surface area contributed by atoms with Crippen molar-refractivity contribution in [2.75, 3.05) is 29.0 Å². The lowest BCUT2D eigenvalue weighted by Crippen LogP contribution is -2.19. The topological polar surface area (TPSA) is 142 Å². The molecule has 6 N–H and O–H groups in total. The summed E-state index contributed by atoms with van der Waals surface area (Å²) in [4.78, 5) is 32.0. The van der Waals surface area contributed by atoms with Crippen LogP contribution < -0.4 is 21.7 Å². The van der Waals surface area contributed by atoms with Gasteiger partial charge in [-0.25, -0.2) is 4.98 Å². The Labute approximate surface area is 202 Å². The molecular formula is C25H38N6O3. The quantitative estimate of drug-likeness (QED) is 0.218. The number of nitrogens with zero attached hydrogens (tertiary/aromatic N) is 2. The van der Waals surface area contributed by atoms with Gasteiger partial charge in [0.1, 0.15) is 11.4 Å². The Morgan fingerprint density at radius 2 is 1.71 bits per heavy atom. The number of carbonyl (C=O) groups is 2. The minimum absolute atomic E-state index is 0.0790. The van der Waals surface area contributed by atoms with Crippen LogP contribution in [0.25, 0.3) is 0 Å². The molecule has 9 nitrogen and oxygen atoms in total. The van der Waals surface area contributed by atoms with Crippen LogP contribution in [0.3, 0.4) is 0 Å². The molecule has 1 atom stereocenters. The fourth-order valence-electron chi connectivity index (χ4n) is 3.79. The van der Waals surface area contributed by atoms with E-state index in [0.717, 1.165) is 43.6 Å². The molecule has 1 aromatic carbocycles. The van der Waals surface area contributed by atoms with E-state index in [4.69, 9.17) is 10.8 Å². The van der Waals surface area contributed by atoms with Crippen LogP contribution in [0.1, 0.15) is 74.8 Å². The van der Waals surface area contributed by atoms with E-state index in [2.05, 4.69) is 39.8 Å². The Kier molecular flexibility index (Phi) is 11.1. The first kappa shape index (κ1) is 26.9. The molecule has 2 aromatic rings. The average Bonchev–Trinajstić information content (AvgIpc) is 2.77. The number of nitrogens with two attached hydrogens (primary N) is 1. The zero-order chi connectivity index (χ0) is 24.9. The summed E-state index contributed by atoms with van der Waals surface area (Å²) in [6, 6.07) is 7.54. The van der Waals surface area contributed by atoms with Crippen molar-refractivity contribution in [3.05, 3.63) is 35.5 Å². The maximum absolute atomic E-state index is 12.0. The summed E-state index contributed by atoms with van der Waals surface area (Å²) in [5.41, 5.74) is 8.00. The lowest BCUT2D eigenvalue weighted by atomic mass is 10.00. The van der Waals surface area contributed by atoms with Crippen LogP contribution in [-0.2, 0) is 4.79 Å². The van der Waals surface area contributed by atoms with Gasteiger partial charge in [-0.05, 0) is 49.9 Å². The zero-order valence-electron chi connectivity index (χ0n) is 20.5. The molecule has 0 aliphatic rings.